The summed E-state index contributed by atoms with van der Waals surface area (Å²) < 4.78 is 2.11. The quantitative estimate of drug-likeness (QED) is 0.183. The van der Waals surface area contributed by atoms with Crippen molar-refractivity contribution in [3.05, 3.63) is 170 Å². The van der Waals surface area contributed by atoms with Crippen molar-refractivity contribution >= 4 is 16.6 Å². The Kier molecular flexibility index (Phi) is 7.02. The van der Waals surface area contributed by atoms with Crippen LogP contribution in [0, 0.1) is 0 Å². The van der Waals surface area contributed by atoms with E-state index in [0.717, 1.165) is 67.0 Å². The average molecular weight is 629 g/mol. The second-order valence-corrected chi connectivity index (χ2v) is 11.8. The molecule has 3 heterocycles. The molecule has 9 rings (SSSR count). The first kappa shape index (κ1) is 28.4. The van der Waals surface area contributed by atoms with Crippen LogP contribution in [0.2, 0.25) is 0 Å². The maximum absolute atomic E-state index is 5.17. The van der Waals surface area contributed by atoms with Gasteiger partial charge in [-0.1, -0.05) is 146 Å². The molecule has 0 saturated heterocycles. The van der Waals surface area contributed by atoms with Crippen LogP contribution in [0.4, 0.5) is 0 Å². The van der Waals surface area contributed by atoms with Gasteiger partial charge in [-0.05, 0) is 29.3 Å². The van der Waals surface area contributed by atoms with Crippen molar-refractivity contribution in [3.8, 4) is 67.9 Å². The molecule has 6 heteroatoms. The fourth-order valence-electron chi connectivity index (χ4n) is 6.20. The van der Waals surface area contributed by atoms with Crippen molar-refractivity contribution in [1.29, 1.82) is 0 Å². The largest absolute Gasteiger partial charge is 0.283 e. The number of benzene rings is 6. The molecule has 0 amide bonds. The van der Waals surface area contributed by atoms with E-state index in [-0.39, 0.29) is 0 Å². The molecule has 230 valence electrons. The lowest BCUT2D eigenvalue weighted by molar-refractivity contribution is 1.07. The topological polar surface area (TPSA) is 68.9 Å². The summed E-state index contributed by atoms with van der Waals surface area (Å²) >= 11 is 0. The van der Waals surface area contributed by atoms with Gasteiger partial charge in [0.1, 0.15) is 11.5 Å². The Morgan fingerprint density at radius 2 is 0.837 bits per heavy atom. The second kappa shape index (κ2) is 12.1. The van der Waals surface area contributed by atoms with Gasteiger partial charge in [0, 0.05) is 39.4 Å². The van der Waals surface area contributed by atoms with Crippen LogP contribution in [-0.2, 0) is 0 Å². The maximum atomic E-state index is 5.17. The van der Waals surface area contributed by atoms with Gasteiger partial charge in [0.15, 0.2) is 17.5 Å². The highest BCUT2D eigenvalue weighted by Gasteiger charge is 2.16. The molecule has 0 N–H and O–H groups in total. The number of rotatable bonds is 6. The van der Waals surface area contributed by atoms with Crippen LogP contribution >= 0.6 is 0 Å². The predicted octanol–water partition coefficient (Wildman–Crippen LogP) is 10.1. The zero-order valence-electron chi connectivity index (χ0n) is 26.3. The van der Waals surface area contributed by atoms with E-state index in [9.17, 15) is 0 Å². The first-order chi connectivity index (χ1) is 24.3. The number of para-hydroxylation sites is 1. The summed E-state index contributed by atoms with van der Waals surface area (Å²) in [5.74, 6) is 2.73. The van der Waals surface area contributed by atoms with Gasteiger partial charge in [-0.2, -0.15) is 0 Å². The second-order valence-electron chi connectivity index (χ2n) is 11.8. The molecule has 0 aliphatic carbocycles. The number of imidazole rings is 1. The van der Waals surface area contributed by atoms with Gasteiger partial charge in [0.25, 0.3) is 0 Å². The van der Waals surface area contributed by atoms with E-state index in [2.05, 4.69) is 89.5 Å². The number of nitrogens with zero attached hydrogens (tertiary/aromatic N) is 6. The van der Waals surface area contributed by atoms with Crippen LogP contribution in [0.25, 0.3) is 84.5 Å². The molecule has 0 aliphatic rings. The molecule has 9 aromatic rings. The van der Waals surface area contributed by atoms with Crippen molar-refractivity contribution in [3.63, 3.8) is 0 Å². The Balaban J connectivity index is 1.14. The molecule has 6 aromatic carbocycles. The van der Waals surface area contributed by atoms with E-state index in [1.807, 2.05) is 84.9 Å². The molecule has 3 aromatic heterocycles. The minimum absolute atomic E-state index is 0.616. The normalized spacial score (nSPS) is 11.3. The Labute approximate surface area is 283 Å². The Morgan fingerprint density at radius 3 is 1.47 bits per heavy atom. The molecule has 49 heavy (non-hydrogen) atoms. The lowest BCUT2D eigenvalue weighted by atomic mass is 10.0. The van der Waals surface area contributed by atoms with E-state index in [1.165, 1.54) is 0 Å². The van der Waals surface area contributed by atoms with Gasteiger partial charge in [-0.3, -0.25) is 4.40 Å². The van der Waals surface area contributed by atoms with Gasteiger partial charge in [-0.15, -0.1) is 0 Å². The summed E-state index contributed by atoms with van der Waals surface area (Å²) in [4.78, 5) is 24.9. The fourth-order valence-corrected chi connectivity index (χ4v) is 6.20. The summed E-state index contributed by atoms with van der Waals surface area (Å²) in [6, 6.07) is 55.4. The highest BCUT2D eigenvalue weighted by atomic mass is 15.1. The number of hydrogen-bond acceptors (Lipinski definition) is 5. The number of hydrogen-bond donors (Lipinski definition) is 0. The van der Waals surface area contributed by atoms with E-state index < -0.39 is 0 Å². The molecule has 0 bridgehead atoms. The molecule has 6 nitrogen and oxygen atoms in total. The molecular formula is C43H28N6. The summed E-state index contributed by atoms with van der Waals surface area (Å²) in [6.07, 6.45) is 2.08. The van der Waals surface area contributed by atoms with Crippen molar-refractivity contribution in [1.82, 2.24) is 29.3 Å². The predicted molar refractivity (Wildman–Crippen MR) is 196 cm³/mol. The van der Waals surface area contributed by atoms with Gasteiger partial charge in [-0.25, -0.2) is 24.9 Å². The third kappa shape index (κ3) is 5.41. The van der Waals surface area contributed by atoms with Crippen LogP contribution in [0.5, 0.6) is 0 Å². The summed E-state index contributed by atoms with van der Waals surface area (Å²) in [6.45, 7) is 0. The van der Waals surface area contributed by atoms with E-state index >= 15 is 0 Å². The van der Waals surface area contributed by atoms with Gasteiger partial charge in [0.2, 0.25) is 0 Å². The molecule has 0 unspecified atom stereocenters. The Hall–Kier alpha value is -6.79. The molecule has 0 atom stereocenters. The van der Waals surface area contributed by atoms with Gasteiger partial charge < -0.3 is 0 Å². The summed E-state index contributed by atoms with van der Waals surface area (Å²) in [5.41, 5.74) is 9.72. The molecule has 0 spiro atoms. The van der Waals surface area contributed by atoms with Crippen LogP contribution in [-0.4, -0.2) is 29.3 Å². The minimum Gasteiger partial charge on any atom is -0.283 e. The third-order valence-electron chi connectivity index (χ3n) is 8.67. The van der Waals surface area contributed by atoms with Crippen molar-refractivity contribution in [2.45, 2.75) is 0 Å². The van der Waals surface area contributed by atoms with Crippen LogP contribution in [0.15, 0.2) is 170 Å². The van der Waals surface area contributed by atoms with Crippen LogP contribution < -0.4 is 0 Å². The fraction of sp³-hybridized carbons (Fsp3) is 0. The zero-order valence-corrected chi connectivity index (χ0v) is 26.3. The molecule has 0 saturated carbocycles. The van der Waals surface area contributed by atoms with Crippen LogP contribution in [0.1, 0.15) is 0 Å². The van der Waals surface area contributed by atoms with Crippen molar-refractivity contribution < 1.29 is 0 Å². The zero-order chi connectivity index (χ0) is 32.6. The Bertz CT molecular complexity index is 2520. The van der Waals surface area contributed by atoms with Gasteiger partial charge >= 0.3 is 0 Å². The monoisotopic (exact) mass is 628 g/mol. The first-order valence-electron chi connectivity index (χ1n) is 16.2. The molecule has 0 radical (unpaired) electrons. The number of fused-ring (bicyclic) bond motifs is 3. The van der Waals surface area contributed by atoms with E-state index in [1.54, 1.807) is 0 Å². The van der Waals surface area contributed by atoms with Crippen molar-refractivity contribution in [2.75, 3.05) is 0 Å². The number of aromatic nitrogens is 6. The lowest BCUT2D eigenvalue weighted by Gasteiger charge is -2.10. The van der Waals surface area contributed by atoms with E-state index in [0.29, 0.717) is 17.5 Å². The van der Waals surface area contributed by atoms with E-state index in [4.69, 9.17) is 24.9 Å². The minimum atomic E-state index is 0.616. The maximum Gasteiger partial charge on any atom is 0.164 e. The highest BCUT2D eigenvalue weighted by Crippen LogP contribution is 2.32. The summed E-state index contributed by atoms with van der Waals surface area (Å²) in [7, 11) is 0. The average Bonchev–Trinajstić information content (AvgIpc) is 3.65. The highest BCUT2D eigenvalue weighted by molar-refractivity contribution is 5.94. The Morgan fingerprint density at radius 1 is 0.347 bits per heavy atom. The molecular weight excluding hydrogens is 601 g/mol. The van der Waals surface area contributed by atoms with Gasteiger partial charge in [0.05, 0.1) is 11.2 Å². The molecule has 0 aliphatic heterocycles. The third-order valence-corrected chi connectivity index (χ3v) is 8.67. The summed E-state index contributed by atoms with van der Waals surface area (Å²) in [5, 5.41) is 1.00. The SMILES string of the molecule is c1ccc(-c2cccc(-c3nc4ccccc4c4nc(-c5ccc(-c6nc(-c7ccccc7)nc(-c7ccccc7)n6)cc5)cn34)c2)cc1. The first-order valence-corrected chi connectivity index (χ1v) is 16.2. The molecule has 0 fully saturated rings. The smallest absolute Gasteiger partial charge is 0.164 e. The van der Waals surface area contributed by atoms with Crippen molar-refractivity contribution in [2.24, 2.45) is 0 Å². The standard InChI is InChI=1S/C43H28N6/c1-4-13-29(14-5-1)34-19-12-20-35(27-34)42-44-37-22-11-10-21-36(37)43-45-38(28-49(42)43)30-23-25-33(26-24-30)41-47-39(31-15-6-2-7-16-31)46-40(48-41)32-17-8-3-9-18-32/h1-28H. The van der Waals surface area contributed by atoms with Crippen LogP contribution in [0.3, 0.4) is 0 Å². The lowest BCUT2D eigenvalue weighted by Crippen LogP contribution is -2.00.